The van der Waals surface area contributed by atoms with Crippen LogP contribution in [0.2, 0.25) is 0 Å². The normalized spacial score (nSPS) is 25.6. The zero-order chi connectivity index (χ0) is 11.8. The molecule has 0 amide bonds. The van der Waals surface area contributed by atoms with Crippen LogP contribution in [0.25, 0.3) is 0 Å². The van der Waals surface area contributed by atoms with Crippen molar-refractivity contribution in [2.45, 2.75) is 17.5 Å². The van der Waals surface area contributed by atoms with Gasteiger partial charge in [-0.25, -0.2) is 4.79 Å². The van der Waals surface area contributed by atoms with Crippen molar-refractivity contribution < 1.29 is 22.7 Å². The molecule has 0 spiro atoms. The molecule has 0 N–H and O–H groups in total. The summed E-state index contributed by atoms with van der Waals surface area (Å²) >= 11 is 0.572. The smallest absolute Gasteiger partial charge is 0.427 e. The summed E-state index contributed by atoms with van der Waals surface area (Å²) in [7, 11) is 0. The van der Waals surface area contributed by atoms with Crippen molar-refractivity contribution in [1.82, 2.24) is 0 Å². The maximum Gasteiger partial charge on any atom is 0.427 e. The number of alkyl halides is 3. The zero-order valence-electron chi connectivity index (χ0n) is 7.90. The lowest BCUT2D eigenvalue weighted by molar-refractivity contribution is -0.198. The molecular formula is C10H7F3O2S. The summed E-state index contributed by atoms with van der Waals surface area (Å²) in [5.41, 5.74) is 0.445. The molecule has 2 nitrogen and oxygen atoms in total. The van der Waals surface area contributed by atoms with Gasteiger partial charge in [0.05, 0.1) is 5.25 Å². The fraction of sp³-hybridized carbons (Fsp3) is 0.300. The van der Waals surface area contributed by atoms with Gasteiger partial charge in [-0.05, 0) is 17.3 Å². The SMILES string of the molecule is O=C1O[C@@H](C(F)(F)F)[C@@H](c2ccccc2)S1. The fourth-order valence-electron chi connectivity index (χ4n) is 1.48. The van der Waals surface area contributed by atoms with E-state index in [4.69, 9.17) is 0 Å². The van der Waals surface area contributed by atoms with Crippen molar-refractivity contribution in [3.05, 3.63) is 35.9 Å². The summed E-state index contributed by atoms with van der Waals surface area (Å²) in [6.45, 7) is 0. The molecule has 0 aromatic heterocycles. The number of ether oxygens (including phenoxy) is 1. The van der Waals surface area contributed by atoms with Crippen LogP contribution < -0.4 is 0 Å². The molecule has 6 heteroatoms. The van der Waals surface area contributed by atoms with Crippen LogP contribution in [0.15, 0.2) is 30.3 Å². The van der Waals surface area contributed by atoms with Gasteiger partial charge in [0, 0.05) is 0 Å². The second-order valence-corrected chi connectivity index (χ2v) is 4.36. The highest BCUT2D eigenvalue weighted by atomic mass is 32.2. The van der Waals surface area contributed by atoms with Crippen LogP contribution in [0.5, 0.6) is 0 Å². The standard InChI is InChI=1S/C10H7F3O2S/c11-10(12,13)8-7(16-9(14)15-8)6-4-2-1-3-5-6/h1-5,7-8H/t7-,8-/m1/s1. The van der Waals surface area contributed by atoms with Crippen LogP contribution in [0.3, 0.4) is 0 Å². The summed E-state index contributed by atoms with van der Waals surface area (Å²) in [5, 5.41) is -1.88. The van der Waals surface area contributed by atoms with E-state index in [0.29, 0.717) is 17.3 Å². The Bertz CT molecular complexity index is 391. The molecule has 1 aromatic rings. The largest absolute Gasteiger partial charge is 0.443 e. The Balaban J connectivity index is 2.30. The van der Waals surface area contributed by atoms with E-state index in [9.17, 15) is 18.0 Å². The van der Waals surface area contributed by atoms with Crippen molar-refractivity contribution in [3.63, 3.8) is 0 Å². The van der Waals surface area contributed by atoms with Gasteiger partial charge >= 0.3 is 11.5 Å². The monoisotopic (exact) mass is 248 g/mol. The van der Waals surface area contributed by atoms with Crippen LogP contribution in [-0.4, -0.2) is 17.6 Å². The summed E-state index contributed by atoms with van der Waals surface area (Å²) < 4.78 is 42.0. The first kappa shape index (κ1) is 11.3. The molecule has 0 aliphatic carbocycles. The summed E-state index contributed by atoms with van der Waals surface area (Å²) in [6.07, 6.45) is -6.58. The Morgan fingerprint density at radius 3 is 2.38 bits per heavy atom. The van der Waals surface area contributed by atoms with E-state index in [1.807, 2.05) is 0 Å². The van der Waals surface area contributed by atoms with Crippen LogP contribution in [0.4, 0.5) is 18.0 Å². The van der Waals surface area contributed by atoms with Gasteiger partial charge in [-0.1, -0.05) is 30.3 Å². The van der Waals surface area contributed by atoms with Crippen LogP contribution in [0, 0.1) is 0 Å². The Morgan fingerprint density at radius 2 is 1.81 bits per heavy atom. The van der Waals surface area contributed by atoms with E-state index in [0.717, 1.165) is 0 Å². The molecule has 0 unspecified atom stereocenters. The fourth-order valence-corrected chi connectivity index (χ4v) is 2.48. The van der Waals surface area contributed by atoms with Crippen molar-refractivity contribution in [2.24, 2.45) is 0 Å². The molecule has 1 fully saturated rings. The highest BCUT2D eigenvalue weighted by molar-refractivity contribution is 8.13. The number of carbonyl (C=O) groups is 1. The number of thioether (sulfide) groups is 1. The lowest BCUT2D eigenvalue weighted by Gasteiger charge is -2.19. The van der Waals surface area contributed by atoms with Gasteiger partial charge in [0.25, 0.3) is 0 Å². The van der Waals surface area contributed by atoms with E-state index >= 15 is 0 Å². The second kappa shape index (κ2) is 4.01. The Labute approximate surface area is 93.8 Å². The van der Waals surface area contributed by atoms with Gasteiger partial charge in [0.1, 0.15) is 0 Å². The van der Waals surface area contributed by atoms with Gasteiger partial charge in [0.2, 0.25) is 6.10 Å². The minimum Gasteiger partial charge on any atom is -0.443 e. The molecule has 2 rings (SSSR count). The molecule has 0 saturated carbocycles. The van der Waals surface area contributed by atoms with E-state index in [-0.39, 0.29) is 0 Å². The molecule has 1 aromatic carbocycles. The first-order valence-electron chi connectivity index (χ1n) is 4.47. The lowest BCUT2D eigenvalue weighted by atomic mass is 10.1. The number of carbonyl (C=O) groups excluding carboxylic acids is 1. The maximum absolute atomic E-state index is 12.6. The average Bonchev–Trinajstić information content (AvgIpc) is 2.61. The Kier molecular flexibility index (Phi) is 2.84. The van der Waals surface area contributed by atoms with E-state index < -0.39 is 22.8 Å². The molecular weight excluding hydrogens is 241 g/mol. The van der Waals surface area contributed by atoms with Gasteiger partial charge < -0.3 is 4.74 Å². The molecule has 1 heterocycles. The Morgan fingerprint density at radius 1 is 1.19 bits per heavy atom. The van der Waals surface area contributed by atoms with Crippen molar-refractivity contribution in [1.29, 1.82) is 0 Å². The third-order valence-corrected chi connectivity index (χ3v) is 3.23. The molecule has 1 aliphatic rings. The first-order valence-corrected chi connectivity index (χ1v) is 5.35. The Hall–Kier alpha value is -1.17. The zero-order valence-corrected chi connectivity index (χ0v) is 8.72. The highest BCUT2D eigenvalue weighted by Crippen LogP contribution is 2.47. The first-order chi connectivity index (χ1) is 7.48. The third kappa shape index (κ3) is 2.16. The van der Waals surface area contributed by atoms with Gasteiger partial charge in [-0.2, -0.15) is 13.2 Å². The van der Waals surface area contributed by atoms with Crippen molar-refractivity contribution in [2.75, 3.05) is 0 Å². The maximum atomic E-state index is 12.6. The van der Waals surface area contributed by atoms with Crippen LogP contribution in [0.1, 0.15) is 10.8 Å². The van der Waals surface area contributed by atoms with Gasteiger partial charge in [0.15, 0.2) is 0 Å². The minimum atomic E-state index is -4.53. The number of hydrogen-bond donors (Lipinski definition) is 0. The molecule has 16 heavy (non-hydrogen) atoms. The van der Waals surface area contributed by atoms with E-state index in [1.165, 1.54) is 0 Å². The van der Waals surface area contributed by atoms with Crippen LogP contribution in [-0.2, 0) is 4.74 Å². The highest BCUT2D eigenvalue weighted by Gasteiger charge is 2.53. The summed E-state index contributed by atoms with van der Waals surface area (Å²) in [5.74, 6) is 0. The molecule has 1 aliphatic heterocycles. The molecule has 0 bridgehead atoms. The third-order valence-electron chi connectivity index (χ3n) is 2.17. The van der Waals surface area contributed by atoms with E-state index in [1.54, 1.807) is 30.3 Å². The van der Waals surface area contributed by atoms with Crippen LogP contribution >= 0.6 is 11.8 Å². The summed E-state index contributed by atoms with van der Waals surface area (Å²) in [6, 6.07) is 8.07. The number of halogens is 3. The topological polar surface area (TPSA) is 26.3 Å². The number of hydrogen-bond acceptors (Lipinski definition) is 3. The van der Waals surface area contributed by atoms with Crippen molar-refractivity contribution in [3.8, 4) is 0 Å². The predicted octanol–water partition coefficient (Wildman–Crippen LogP) is 3.54. The van der Waals surface area contributed by atoms with Gasteiger partial charge in [-0.15, -0.1) is 0 Å². The molecule has 1 saturated heterocycles. The average molecular weight is 248 g/mol. The minimum absolute atomic E-state index is 0.445. The summed E-state index contributed by atoms with van der Waals surface area (Å²) in [4.78, 5) is 10.9. The molecule has 86 valence electrons. The lowest BCUT2D eigenvalue weighted by Crippen LogP contribution is -2.32. The predicted molar refractivity (Wildman–Crippen MR) is 53.1 cm³/mol. The molecule has 2 atom stereocenters. The number of cyclic esters (lactones) is 1. The quantitative estimate of drug-likeness (QED) is 0.711. The van der Waals surface area contributed by atoms with Gasteiger partial charge in [-0.3, -0.25) is 0 Å². The van der Waals surface area contributed by atoms with E-state index in [2.05, 4.69) is 4.74 Å². The molecule has 0 radical (unpaired) electrons. The second-order valence-electron chi connectivity index (χ2n) is 3.28. The van der Waals surface area contributed by atoms with Crippen molar-refractivity contribution >= 4 is 17.1 Å². The number of rotatable bonds is 1. The number of benzene rings is 1.